The maximum atomic E-state index is 12.6. The summed E-state index contributed by atoms with van der Waals surface area (Å²) >= 11 is 6.11. The quantitative estimate of drug-likeness (QED) is 0.843. The number of fused-ring (bicyclic) bond motifs is 2. The Labute approximate surface area is 127 Å². The average Bonchev–Trinajstić information content (AvgIpc) is 3.03. The summed E-state index contributed by atoms with van der Waals surface area (Å²) < 4.78 is 0. The zero-order chi connectivity index (χ0) is 15.1. The lowest BCUT2D eigenvalue weighted by atomic mass is 9.82. The Hall–Kier alpha value is -1.81. The molecule has 0 aliphatic heterocycles. The summed E-state index contributed by atoms with van der Waals surface area (Å²) in [6, 6.07) is 5.38. The Kier molecular flexibility index (Phi) is 3.49. The number of carbonyl (C=O) groups excluding carboxylic acids is 1. The standard InChI is InChI=1S/C16H16ClNO3/c1-8-3-2-4-11(17)14(8)18-15(19)12-9-5-6-10(7-9)13(12)16(20)21/h2-6,9-10,12-13H,7H2,1H3,(H,18,19)(H,20,21). The van der Waals surface area contributed by atoms with E-state index in [2.05, 4.69) is 5.32 Å². The number of para-hydroxylation sites is 1. The van der Waals surface area contributed by atoms with Crippen molar-refractivity contribution in [2.75, 3.05) is 5.32 Å². The second-order valence-electron chi connectivity index (χ2n) is 5.76. The van der Waals surface area contributed by atoms with Gasteiger partial charge in [0.2, 0.25) is 5.91 Å². The zero-order valence-corrected chi connectivity index (χ0v) is 12.3. The molecule has 0 radical (unpaired) electrons. The Morgan fingerprint density at radius 3 is 2.52 bits per heavy atom. The van der Waals surface area contributed by atoms with Crippen molar-refractivity contribution in [3.05, 3.63) is 40.9 Å². The molecular weight excluding hydrogens is 290 g/mol. The predicted molar refractivity (Wildman–Crippen MR) is 80.2 cm³/mol. The SMILES string of the molecule is Cc1cccc(Cl)c1NC(=O)C1C2C=CC(C2)C1C(=O)O. The molecule has 0 heterocycles. The van der Waals surface area contributed by atoms with Crippen LogP contribution in [0.3, 0.4) is 0 Å². The maximum Gasteiger partial charge on any atom is 0.307 e. The van der Waals surface area contributed by atoms with E-state index >= 15 is 0 Å². The highest BCUT2D eigenvalue weighted by atomic mass is 35.5. The van der Waals surface area contributed by atoms with Crippen molar-refractivity contribution >= 4 is 29.2 Å². The van der Waals surface area contributed by atoms with Gasteiger partial charge in [-0.05, 0) is 36.8 Å². The van der Waals surface area contributed by atoms with Crippen LogP contribution in [-0.4, -0.2) is 17.0 Å². The van der Waals surface area contributed by atoms with Gasteiger partial charge in [0.15, 0.2) is 0 Å². The number of aryl methyl sites for hydroxylation is 1. The van der Waals surface area contributed by atoms with Gasteiger partial charge in [0.1, 0.15) is 0 Å². The minimum atomic E-state index is -0.900. The molecule has 1 aromatic rings. The lowest BCUT2D eigenvalue weighted by Gasteiger charge is -2.24. The van der Waals surface area contributed by atoms with Crippen LogP contribution in [-0.2, 0) is 9.59 Å². The Morgan fingerprint density at radius 2 is 1.90 bits per heavy atom. The lowest BCUT2D eigenvalue weighted by molar-refractivity contribution is -0.146. The van der Waals surface area contributed by atoms with Crippen molar-refractivity contribution in [1.29, 1.82) is 0 Å². The minimum absolute atomic E-state index is 0.0129. The van der Waals surface area contributed by atoms with E-state index in [0.29, 0.717) is 10.7 Å². The first-order valence-electron chi connectivity index (χ1n) is 6.96. The number of carbonyl (C=O) groups is 2. The first kappa shape index (κ1) is 14.1. The van der Waals surface area contributed by atoms with Crippen LogP contribution in [0.25, 0.3) is 0 Å². The third-order valence-electron chi connectivity index (χ3n) is 4.52. The summed E-state index contributed by atoms with van der Waals surface area (Å²) in [7, 11) is 0. The minimum Gasteiger partial charge on any atom is -0.481 e. The molecule has 0 aromatic heterocycles. The third kappa shape index (κ3) is 2.33. The van der Waals surface area contributed by atoms with E-state index in [0.717, 1.165) is 12.0 Å². The highest BCUT2D eigenvalue weighted by molar-refractivity contribution is 6.34. The second-order valence-corrected chi connectivity index (χ2v) is 6.17. The molecule has 1 amide bonds. The van der Waals surface area contributed by atoms with Crippen LogP contribution in [0.1, 0.15) is 12.0 Å². The highest BCUT2D eigenvalue weighted by Gasteiger charge is 2.51. The van der Waals surface area contributed by atoms with E-state index in [-0.39, 0.29) is 17.7 Å². The molecule has 4 unspecified atom stereocenters. The molecular formula is C16H16ClNO3. The van der Waals surface area contributed by atoms with Gasteiger partial charge in [0, 0.05) is 0 Å². The van der Waals surface area contributed by atoms with Gasteiger partial charge in [-0.15, -0.1) is 0 Å². The van der Waals surface area contributed by atoms with Crippen molar-refractivity contribution in [1.82, 2.24) is 0 Å². The van der Waals surface area contributed by atoms with Crippen LogP contribution >= 0.6 is 11.6 Å². The van der Waals surface area contributed by atoms with Crippen molar-refractivity contribution in [2.45, 2.75) is 13.3 Å². The zero-order valence-electron chi connectivity index (χ0n) is 11.5. The second kappa shape index (κ2) is 5.19. The predicted octanol–water partition coefficient (Wildman–Crippen LogP) is 3.11. The van der Waals surface area contributed by atoms with E-state index in [1.807, 2.05) is 31.2 Å². The van der Waals surface area contributed by atoms with Crippen LogP contribution in [0.2, 0.25) is 5.02 Å². The van der Waals surface area contributed by atoms with Gasteiger partial charge >= 0.3 is 5.97 Å². The topological polar surface area (TPSA) is 66.4 Å². The number of nitrogens with one attached hydrogen (secondary N) is 1. The molecule has 21 heavy (non-hydrogen) atoms. The summed E-state index contributed by atoms with van der Waals surface area (Å²) in [5, 5.41) is 12.7. The average molecular weight is 306 g/mol. The first-order chi connectivity index (χ1) is 9.99. The fraction of sp³-hybridized carbons (Fsp3) is 0.375. The number of amides is 1. The summed E-state index contributed by atoms with van der Waals surface area (Å²) in [5.41, 5.74) is 1.43. The van der Waals surface area contributed by atoms with Gasteiger partial charge in [0.05, 0.1) is 22.5 Å². The Balaban J connectivity index is 1.85. The van der Waals surface area contributed by atoms with Crippen molar-refractivity contribution in [2.24, 2.45) is 23.7 Å². The normalized spacial score (nSPS) is 29.6. The number of anilines is 1. The van der Waals surface area contributed by atoms with Crippen molar-refractivity contribution < 1.29 is 14.7 Å². The van der Waals surface area contributed by atoms with Crippen molar-refractivity contribution in [3.8, 4) is 0 Å². The Morgan fingerprint density at radius 1 is 1.24 bits per heavy atom. The molecule has 1 aromatic carbocycles. The largest absolute Gasteiger partial charge is 0.481 e. The molecule has 5 heteroatoms. The molecule has 3 rings (SSSR count). The smallest absolute Gasteiger partial charge is 0.307 e. The molecule has 4 atom stereocenters. The third-order valence-corrected chi connectivity index (χ3v) is 4.83. The van der Waals surface area contributed by atoms with Gasteiger partial charge in [-0.3, -0.25) is 9.59 Å². The molecule has 4 nitrogen and oxygen atoms in total. The summed E-state index contributed by atoms with van der Waals surface area (Å²) in [6.07, 6.45) is 4.64. The highest BCUT2D eigenvalue weighted by Crippen LogP contribution is 2.48. The first-order valence-corrected chi connectivity index (χ1v) is 7.34. The molecule has 0 saturated heterocycles. The monoisotopic (exact) mass is 305 g/mol. The fourth-order valence-corrected chi connectivity index (χ4v) is 3.78. The summed E-state index contributed by atoms with van der Waals surface area (Å²) in [4.78, 5) is 24.0. The molecule has 2 N–H and O–H groups in total. The molecule has 2 aliphatic carbocycles. The number of hydrogen-bond acceptors (Lipinski definition) is 2. The van der Waals surface area contributed by atoms with E-state index < -0.39 is 17.8 Å². The number of benzene rings is 1. The molecule has 0 spiro atoms. The molecule has 2 aliphatic rings. The summed E-state index contributed by atoms with van der Waals surface area (Å²) in [6.45, 7) is 1.86. The molecule has 1 saturated carbocycles. The maximum absolute atomic E-state index is 12.6. The van der Waals surface area contributed by atoms with Gasteiger partial charge < -0.3 is 10.4 Å². The van der Waals surface area contributed by atoms with Gasteiger partial charge in [-0.25, -0.2) is 0 Å². The number of rotatable bonds is 3. The number of hydrogen-bond donors (Lipinski definition) is 2. The molecule has 2 bridgehead atoms. The Bertz CT molecular complexity index is 620. The van der Waals surface area contributed by atoms with Crippen LogP contribution in [0.15, 0.2) is 30.4 Å². The number of aliphatic carboxylic acids is 1. The fourth-order valence-electron chi connectivity index (χ4n) is 3.51. The number of carboxylic acid groups (broad SMARTS) is 1. The van der Waals surface area contributed by atoms with Gasteiger partial charge in [0.25, 0.3) is 0 Å². The summed E-state index contributed by atoms with van der Waals surface area (Å²) in [5.74, 6) is -2.33. The number of halogens is 1. The van der Waals surface area contributed by atoms with Gasteiger partial charge in [-0.1, -0.05) is 35.9 Å². The van der Waals surface area contributed by atoms with Crippen LogP contribution in [0, 0.1) is 30.6 Å². The number of allylic oxidation sites excluding steroid dienone is 2. The van der Waals surface area contributed by atoms with Crippen LogP contribution in [0.5, 0.6) is 0 Å². The van der Waals surface area contributed by atoms with E-state index in [4.69, 9.17) is 11.6 Å². The number of carboxylic acids is 1. The van der Waals surface area contributed by atoms with Gasteiger partial charge in [-0.2, -0.15) is 0 Å². The van der Waals surface area contributed by atoms with E-state index in [9.17, 15) is 14.7 Å². The van der Waals surface area contributed by atoms with E-state index in [1.165, 1.54) is 0 Å². The van der Waals surface area contributed by atoms with Crippen molar-refractivity contribution in [3.63, 3.8) is 0 Å². The molecule has 1 fully saturated rings. The van der Waals surface area contributed by atoms with E-state index in [1.54, 1.807) is 6.07 Å². The van der Waals surface area contributed by atoms with Crippen LogP contribution < -0.4 is 5.32 Å². The molecule has 110 valence electrons. The lowest BCUT2D eigenvalue weighted by Crippen LogP contribution is -2.36. The van der Waals surface area contributed by atoms with Crippen LogP contribution in [0.4, 0.5) is 5.69 Å².